The smallest absolute Gasteiger partial charge is 0.228 e. The molecule has 0 spiro atoms. The van der Waals surface area contributed by atoms with Crippen LogP contribution in [0, 0.1) is 5.92 Å². The van der Waals surface area contributed by atoms with E-state index in [1.807, 2.05) is 6.92 Å². The SMILES string of the molecule is CCC(CN)C(=O)Nc1cc2c(cc1Cl)NC(=O)C2. The number of hydrogen-bond acceptors (Lipinski definition) is 3. The molecular formula is C13H16ClN3O2. The number of halogens is 1. The molecule has 0 aromatic heterocycles. The summed E-state index contributed by atoms with van der Waals surface area (Å²) in [6.07, 6.45) is 0.981. The Morgan fingerprint density at radius 3 is 2.95 bits per heavy atom. The van der Waals surface area contributed by atoms with Crippen LogP contribution in [0.3, 0.4) is 0 Å². The van der Waals surface area contributed by atoms with E-state index in [9.17, 15) is 9.59 Å². The van der Waals surface area contributed by atoms with E-state index in [4.69, 9.17) is 17.3 Å². The number of anilines is 2. The van der Waals surface area contributed by atoms with Crippen LogP contribution in [0.5, 0.6) is 0 Å². The van der Waals surface area contributed by atoms with E-state index in [1.165, 1.54) is 0 Å². The molecule has 4 N–H and O–H groups in total. The van der Waals surface area contributed by atoms with Gasteiger partial charge in [-0.1, -0.05) is 18.5 Å². The Bertz CT molecular complexity index is 527. The quantitative estimate of drug-likeness (QED) is 0.786. The molecule has 0 fully saturated rings. The molecule has 0 saturated heterocycles. The zero-order valence-corrected chi connectivity index (χ0v) is 11.4. The largest absolute Gasteiger partial charge is 0.330 e. The average Bonchev–Trinajstić information content (AvgIpc) is 2.70. The number of amides is 2. The molecule has 0 radical (unpaired) electrons. The second-order valence-corrected chi connectivity index (χ2v) is 4.95. The summed E-state index contributed by atoms with van der Waals surface area (Å²) in [4.78, 5) is 23.2. The number of rotatable bonds is 4. The average molecular weight is 282 g/mol. The van der Waals surface area contributed by atoms with E-state index in [1.54, 1.807) is 12.1 Å². The van der Waals surface area contributed by atoms with Gasteiger partial charge >= 0.3 is 0 Å². The van der Waals surface area contributed by atoms with E-state index in [2.05, 4.69) is 10.6 Å². The lowest BCUT2D eigenvalue weighted by molar-refractivity contribution is -0.119. The first-order valence-corrected chi connectivity index (χ1v) is 6.56. The van der Waals surface area contributed by atoms with Gasteiger partial charge in [-0.3, -0.25) is 9.59 Å². The third-order valence-electron chi connectivity index (χ3n) is 3.22. The normalized spacial score (nSPS) is 14.8. The maximum atomic E-state index is 12.0. The van der Waals surface area contributed by atoms with Crippen molar-refractivity contribution in [3.05, 3.63) is 22.7 Å². The zero-order valence-electron chi connectivity index (χ0n) is 10.6. The van der Waals surface area contributed by atoms with Gasteiger partial charge in [-0.2, -0.15) is 0 Å². The minimum atomic E-state index is -0.232. The molecule has 1 aliphatic heterocycles. The zero-order chi connectivity index (χ0) is 14.0. The Balaban J connectivity index is 2.20. The third kappa shape index (κ3) is 2.88. The predicted molar refractivity (Wildman–Crippen MR) is 75.3 cm³/mol. The van der Waals surface area contributed by atoms with Gasteiger partial charge in [-0.15, -0.1) is 0 Å². The Morgan fingerprint density at radius 1 is 1.58 bits per heavy atom. The molecule has 19 heavy (non-hydrogen) atoms. The highest BCUT2D eigenvalue weighted by Gasteiger charge is 2.21. The molecule has 2 rings (SSSR count). The van der Waals surface area contributed by atoms with Crippen LogP contribution >= 0.6 is 11.6 Å². The van der Waals surface area contributed by atoms with Crippen LogP contribution in [0.1, 0.15) is 18.9 Å². The number of fused-ring (bicyclic) bond motifs is 1. The fourth-order valence-electron chi connectivity index (χ4n) is 2.04. The lowest BCUT2D eigenvalue weighted by Gasteiger charge is -2.14. The van der Waals surface area contributed by atoms with Crippen molar-refractivity contribution in [2.45, 2.75) is 19.8 Å². The number of nitrogens with two attached hydrogens (primary N) is 1. The molecule has 6 heteroatoms. The van der Waals surface area contributed by atoms with Crippen molar-refractivity contribution >= 4 is 34.8 Å². The van der Waals surface area contributed by atoms with Crippen LogP contribution in [0.25, 0.3) is 0 Å². The molecule has 1 aromatic rings. The first-order chi connectivity index (χ1) is 9.05. The van der Waals surface area contributed by atoms with Gasteiger partial charge < -0.3 is 16.4 Å². The van der Waals surface area contributed by atoms with Crippen molar-refractivity contribution in [2.24, 2.45) is 11.7 Å². The molecule has 2 amide bonds. The molecule has 1 aliphatic rings. The summed E-state index contributed by atoms with van der Waals surface area (Å²) in [5.74, 6) is -0.448. The lowest BCUT2D eigenvalue weighted by Crippen LogP contribution is -2.28. The first kappa shape index (κ1) is 13.8. The maximum Gasteiger partial charge on any atom is 0.228 e. The molecule has 5 nitrogen and oxygen atoms in total. The van der Waals surface area contributed by atoms with Crippen molar-refractivity contribution < 1.29 is 9.59 Å². The van der Waals surface area contributed by atoms with Gasteiger partial charge in [0.1, 0.15) is 0 Å². The van der Waals surface area contributed by atoms with E-state index < -0.39 is 0 Å². The number of carbonyl (C=O) groups is 2. The predicted octanol–water partition coefficient (Wildman–Crippen LogP) is 1.76. The maximum absolute atomic E-state index is 12.0. The molecule has 1 atom stereocenters. The Kier molecular flexibility index (Phi) is 4.07. The first-order valence-electron chi connectivity index (χ1n) is 6.18. The van der Waals surface area contributed by atoms with E-state index >= 15 is 0 Å². The topological polar surface area (TPSA) is 84.2 Å². The molecule has 0 bridgehead atoms. The summed E-state index contributed by atoms with van der Waals surface area (Å²) in [5.41, 5.74) is 7.60. The fraction of sp³-hybridized carbons (Fsp3) is 0.385. The highest BCUT2D eigenvalue weighted by atomic mass is 35.5. The third-order valence-corrected chi connectivity index (χ3v) is 3.54. The van der Waals surface area contributed by atoms with Gasteiger partial charge in [0, 0.05) is 12.2 Å². The van der Waals surface area contributed by atoms with Gasteiger partial charge in [0.2, 0.25) is 11.8 Å². The second-order valence-electron chi connectivity index (χ2n) is 4.54. The van der Waals surface area contributed by atoms with Crippen LogP contribution < -0.4 is 16.4 Å². The van der Waals surface area contributed by atoms with Gasteiger partial charge in [-0.25, -0.2) is 0 Å². The Labute approximate surface area is 116 Å². The number of hydrogen-bond donors (Lipinski definition) is 3. The summed E-state index contributed by atoms with van der Waals surface area (Å²) in [6, 6.07) is 3.39. The standard InChI is InChI=1S/C13H16ClN3O2/c1-2-7(6-15)13(19)17-11-3-8-4-12(18)16-10(8)5-9(11)14/h3,5,7H,2,4,6,15H2,1H3,(H,16,18)(H,17,19). The van der Waals surface area contributed by atoms with Crippen LogP contribution in [0.15, 0.2) is 12.1 Å². The fourth-order valence-corrected chi connectivity index (χ4v) is 2.25. The van der Waals surface area contributed by atoms with Crippen LogP contribution in [-0.2, 0) is 16.0 Å². The van der Waals surface area contributed by atoms with Gasteiger partial charge in [-0.05, 0) is 24.1 Å². The van der Waals surface area contributed by atoms with Gasteiger partial charge in [0.15, 0.2) is 0 Å². The number of nitrogens with one attached hydrogen (secondary N) is 2. The van der Waals surface area contributed by atoms with E-state index in [0.717, 1.165) is 5.56 Å². The van der Waals surface area contributed by atoms with Crippen molar-refractivity contribution in [2.75, 3.05) is 17.2 Å². The highest BCUT2D eigenvalue weighted by Crippen LogP contribution is 2.33. The number of benzene rings is 1. The Morgan fingerprint density at radius 2 is 2.32 bits per heavy atom. The lowest BCUT2D eigenvalue weighted by atomic mass is 10.1. The minimum Gasteiger partial charge on any atom is -0.330 e. The van der Waals surface area contributed by atoms with Gasteiger partial charge in [0.25, 0.3) is 0 Å². The summed E-state index contributed by atoms with van der Waals surface area (Å²) < 4.78 is 0. The molecule has 1 heterocycles. The Hall–Kier alpha value is -1.59. The highest BCUT2D eigenvalue weighted by molar-refractivity contribution is 6.34. The van der Waals surface area contributed by atoms with Crippen LogP contribution in [0.2, 0.25) is 5.02 Å². The van der Waals surface area contributed by atoms with Crippen molar-refractivity contribution in [1.29, 1.82) is 0 Å². The molecule has 1 aromatic carbocycles. The minimum absolute atomic E-state index is 0.0667. The summed E-state index contributed by atoms with van der Waals surface area (Å²) in [7, 11) is 0. The number of carbonyl (C=O) groups excluding carboxylic acids is 2. The molecule has 0 saturated carbocycles. The van der Waals surface area contributed by atoms with E-state index in [-0.39, 0.29) is 17.7 Å². The molecule has 102 valence electrons. The monoisotopic (exact) mass is 281 g/mol. The molecule has 0 aliphatic carbocycles. The van der Waals surface area contributed by atoms with Crippen LogP contribution in [0.4, 0.5) is 11.4 Å². The molecular weight excluding hydrogens is 266 g/mol. The summed E-state index contributed by atoms with van der Waals surface area (Å²) in [5, 5.41) is 5.88. The van der Waals surface area contributed by atoms with Gasteiger partial charge in [0.05, 0.1) is 23.0 Å². The van der Waals surface area contributed by atoms with Crippen molar-refractivity contribution in [3.63, 3.8) is 0 Å². The summed E-state index contributed by atoms with van der Waals surface area (Å²) >= 11 is 6.09. The van der Waals surface area contributed by atoms with E-state index in [0.29, 0.717) is 35.8 Å². The second kappa shape index (κ2) is 5.59. The molecule has 1 unspecified atom stereocenters. The van der Waals surface area contributed by atoms with Crippen molar-refractivity contribution in [1.82, 2.24) is 0 Å². The van der Waals surface area contributed by atoms with Crippen LogP contribution in [-0.4, -0.2) is 18.4 Å². The summed E-state index contributed by atoms with van der Waals surface area (Å²) in [6.45, 7) is 2.20. The van der Waals surface area contributed by atoms with Crippen molar-refractivity contribution in [3.8, 4) is 0 Å².